The Labute approximate surface area is 85.7 Å². The molecule has 80 valence electrons. The van der Waals surface area contributed by atoms with Gasteiger partial charge in [-0.1, -0.05) is 39.3 Å². The van der Waals surface area contributed by atoms with Gasteiger partial charge in [-0.15, -0.1) is 0 Å². The van der Waals surface area contributed by atoms with E-state index >= 15 is 0 Å². The van der Waals surface area contributed by atoms with E-state index in [4.69, 9.17) is 10.3 Å². The molecule has 0 aliphatic rings. The van der Waals surface area contributed by atoms with Crippen molar-refractivity contribution in [3.63, 3.8) is 0 Å². The number of anilines is 1. The van der Waals surface area contributed by atoms with E-state index < -0.39 is 0 Å². The van der Waals surface area contributed by atoms with E-state index in [1.807, 2.05) is 0 Å². The third-order valence-corrected chi connectivity index (χ3v) is 2.09. The van der Waals surface area contributed by atoms with Gasteiger partial charge in [0.25, 0.3) is 0 Å². The van der Waals surface area contributed by atoms with Gasteiger partial charge in [0.05, 0.1) is 0 Å². The van der Waals surface area contributed by atoms with Crippen molar-refractivity contribution in [1.82, 2.24) is 5.16 Å². The predicted octanol–water partition coefficient (Wildman–Crippen LogP) is 2.80. The van der Waals surface area contributed by atoms with Crippen molar-refractivity contribution in [2.45, 2.75) is 47.0 Å². The van der Waals surface area contributed by atoms with Crippen LogP contribution >= 0.6 is 0 Å². The Kier molecular flexibility index (Phi) is 3.19. The van der Waals surface area contributed by atoms with Crippen LogP contribution in [0.2, 0.25) is 0 Å². The predicted molar refractivity (Wildman–Crippen MR) is 58.1 cm³/mol. The van der Waals surface area contributed by atoms with Crippen molar-refractivity contribution in [2.24, 2.45) is 5.41 Å². The molecule has 0 atom stereocenters. The van der Waals surface area contributed by atoms with Crippen LogP contribution in [-0.2, 0) is 12.8 Å². The zero-order valence-electron chi connectivity index (χ0n) is 9.55. The Bertz CT molecular complexity index is 297. The summed E-state index contributed by atoms with van der Waals surface area (Å²) >= 11 is 0. The van der Waals surface area contributed by atoms with Gasteiger partial charge >= 0.3 is 0 Å². The summed E-state index contributed by atoms with van der Waals surface area (Å²) in [5.74, 6) is 1.52. The average molecular weight is 196 g/mol. The topological polar surface area (TPSA) is 52.0 Å². The summed E-state index contributed by atoms with van der Waals surface area (Å²) < 4.78 is 5.25. The Hall–Kier alpha value is -0.990. The summed E-state index contributed by atoms with van der Waals surface area (Å²) in [5, 5.41) is 3.82. The molecule has 0 unspecified atom stereocenters. The molecule has 3 nitrogen and oxygen atoms in total. The van der Waals surface area contributed by atoms with E-state index in [0.29, 0.717) is 5.82 Å². The van der Waals surface area contributed by atoms with Crippen LogP contribution in [0.3, 0.4) is 0 Å². The summed E-state index contributed by atoms with van der Waals surface area (Å²) in [4.78, 5) is 0. The maximum absolute atomic E-state index is 5.74. The molecular formula is C11H20N2O. The highest BCUT2D eigenvalue weighted by atomic mass is 16.5. The maximum atomic E-state index is 5.74. The first kappa shape index (κ1) is 11.1. The second-order valence-corrected chi connectivity index (χ2v) is 4.96. The largest absolute Gasteiger partial charge is 0.381 e. The van der Waals surface area contributed by atoms with Crippen molar-refractivity contribution in [1.29, 1.82) is 0 Å². The number of nitrogens with zero attached hydrogens (tertiary/aromatic N) is 1. The normalized spacial score (nSPS) is 12.0. The Morgan fingerprint density at radius 1 is 1.36 bits per heavy atom. The van der Waals surface area contributed by atoms with Gasteiger partial charge in [-0.2, -0.15) is 0 Å². The van der Waals surface area contributed by atoms with E-state index in [-0.39, 0.29) is 5.41 Å². The van der Waals surface area contributed by atoms with Crippen molar-refractivity contribution in [3.05, 3.63) is 11.3 Å². The average Bonchev–Trinajstić information content (AvgIpc) is 2.33. The zero-order chi connectivity index (χ0) is 10.8. The standard InChI is InChI=1S/C11H20N2O/c1-5-6-8-9(7-11(2,3)4)14-13-10(8)12/h5-7H2,1-4H3,(H2,12,13). The van der Waals surface area contributed by atoms with Crippen LogP contribution in [0.4, 0.5) is 5.82 Å². The van der Waals surface area contributed by atoms with Gasteiger partial charge < -0.3 is 10.3 Å². The number of hydrogen-bond donors (Lipinski definition) is 1. The highest BCUT2D eigenvalue weighted by molar-refractivity contribution is 5.40. The molecule has 0 aliphatic heterocycles. The van der Waals surface area contributed by atoms with Crippen LogP contribution in [0, 0.1) is 5.41 Å². The molecule has 0 radical (unpaired) electrons. The molecule has 0 spiro atoms. The lowest BCUT2D eigenvalue weighted by molar-refractivity contribution is 0.319. The third-order valence-electron chi connectivity index (χ3n) is 2.09. The Morgan fingerprint density at radius 3 is 2.50 bits per heavy atom. The first-order valence-corrected chi connectivity index (χ1v) is 5.17. The van der Waals surface area contributed by atoms with Crippen molar-refractivity contribution < 1.29 is 4.52 Å². The summed E-state index contributed by atoms with van der Waals surface area (Å²) in [6, 6.07) is 0. The molecule has 0 fully saturated rings. The molecule has 0 amide bonds. The van der Waals surface area contributed by atoms with Gasteiger partial charge in [0.15, 0.2) is 5.82 Å². The number of nitrogen functional groups attached to an aromatic ring is 1. The Morgan fingerprint density at radius 2 is 2.00 bits per heavy atom. The molecule has 1 aromatic rings. The number of hydrogen-bond acceptors (Lipinski definition) is 3. The summed E-state index contributed by atoms with van der Waals surface area (Å²) in [6.45, 7) is 8.68. The quantitative estimate of drug-likeness (QED) is 0.808. The van der Waals surface area contributed by atoms with Gasteiger partial charge in [0.1, 0.15) is 5.76 Å². The van der Waals surface area contributed by atoms with Crippen LogP contribution in [-0.4, -0.2) is 5.16 Å². The van der Waals surface area contributed by atoms with Crippen molar-refractivity contribution >= 4 is 5.82 Å². The molecule has 1 rings (SSSR count). The smallest absolute Gasteiger partial charge is 0.170 e. The SMILES string of the molecule is CCCc1c(N)noc1CC(C)(C)C. The van der Waals surface area contributed by atoms with E-state index in [1.165, 1.54) is 0 Å². The molecule has 0 aliphatic carbocycles. The van der Waals surface area contributed by atoms with Crippen LogP contribution in [0.25, 0.3) is 0 Å². The maximum Gasteiger partial charge on any atom is 0.170 e. The van der Waals surface area contributed by atoms with Gasteiger partial charge in [-0.3, -0.25) is 0 Å². The fourth-order valence-electron chi connectivity index (χ4n) is 1.50. The number of aromatic nitrogens is 1. The summed E-state index contributed by atoms with van der Waals surface area (Å²) in [5.41, 5.74) is 7.06. The van der Waals surface area contributed by atoms with Crippen LogP contribution in [0.15, 0.2) is 4.52 Å². The van der Waals surface area contributed by atoms with Gasteiger partial charge in [0.2, 0.25) is 0 Å². The molecule has 2 N–H and O–H groups in total. The minimum Gasteiger partial charge on any atom is -0.381 e. The molecule has 0 aromatic carbocycles. The van der Waals surface area contributed by atoms with Gasteiger partial charge in [-0.05, 0) is 11.8 Å². The minimum atomic E-state index is 0.217. The van der Waals surface area contributed by atoms with E-state index in [2.05, 4.69) is 32.9 Å². The fourth-order valence-corrected chi connectivity index (χ4v) is 1.50. The summed E-state index contributed by atoms with van der Waals surface area (Å²) in [6.07, 6.45) is 2.93. The molecular weight excluding hydrogens is 176 g/mol. The molecule has 3 heteroatoms. The van der Waals surface area contributed by atoms with Crippen LogP contribution in [0.5, 0.6) is 0 Å². The Balaban J connectivity index is 2.86. The summed E-state index contributed by atoms with van der Waals surface area (Å²) in [7, 11) is 0. The lowest BCUT2D eigenvalue weighted by Crippen LogP contribution is -2.10. The molecule has 14 heavy (non-hydrogen) atoms. The zero-order valence-corrected chi connectivity index (χ0v) is 9.55. The molecule has 1 aromatic heterocycles. The van der Waals surface area contributed by atoms with E-state index in [1.54, 1.807) is 0 Å². The first-order valence-electron chi connectivity index (χ1n) is 5.17. The number of nitrogens with two attached hydrogens (primary N) is 1. The molecule has 0 saturated carbocycles. The molecule has 1 heterocycles. The van der Waals surface area contributed by atoms with Crippen molar-refractivity contribution in [2.75, 3.05) is 5.73 Å². The van der Waals surface area contributed by atoms with Crippen molar-refractivity contribution in [3.8, 4) is 0 Å². The third kappa shape index (κ3) is 2.76. The van der Waals surface area contributed by atoms with E-state index in [9.17, 15) is 0 Å². The highest BCUT2D eigenvalue weighted by Crippen LogP contribution is 2.26. The first-order chi connectivity index (χ1) is 6.44. The second-order valence-electron chi connectivity index (χ2n) is 4.96. The second kappa shape index (κ2) is 4.03. The fraction of sp³-hybridized carbons (Fsp3) is 0.727. The lowest BCUT2D eigenvalue weighted by atomic mass is 9.89. The van der Waals surface area contributed by atoms with Gasteiger partial charge in [0, 0.05) is 12.0 Å². The van der Waals surface area contributed by atoms with Gasteiger partial charge in [-0.25, -0.2) is 0 Å². The highest BCUT2D eigenvalue weighted by Gasteiger charge is 2.19. The lowest BCUT2D eigenvalue weighted by Gasteiger charge is -2.16. The molecule has 0 saturated heterocycles. The molecule has 0 bridgehead atoms. The number of rotatable bonds is 3. The monoisotopic (exact) mass is 196 g/mol. The minimum absolute atomic E-state index is 0.217. The van der Waals surface area contributed by atoms with Crippen LogP contribution < -0.4 is 5.73 Å². The van der Waals surface area contributed by atoms with E-state index in [0.717, 1.165) is 30.6 Å². The van der Waals surface area contributed by atoms with Crippen LogP contribution in [0.1, 0.15) is 45.4 Å².